The molecule has 0 aliphatic heterocycles. The van der Waals surface area contributed by atoms with Gasteiger partial charge in [-0.2, -0.15) is 0 Å². The lowest BCUT2D eigenvalue weighted by Crippen LogP contribution is -2.34. The molecule has 0 radical (unpaired) electrons. The average Bonchev–Trinajstić information content (AvgIpc) is 2.80. The molecular weight excluding hydrogens is 412 g/mol. The number of pyridine rings is 1. The van der Waals surface area contributed by atoms with E-state index in [9.17, 15) is 13.6 Å². The van der Waals surface area contributed by atoms with E-state index in [1.165, 1.54) is 24.3 Å². The van der Waals surface area contributed by atoms with Crippen LogP contribution in [0.25, 0.3) is 11.1 Å². The van der Waals surface area contributed by atoms with Crippen molar-refractivity contribution in [1.29, 1.82) is 0 Å². The minimum Gasteiger partial charge on any atom is -0.488 e. The minimum absolute atomic E-state index is 0.0137. The van der Waals surface area contributed by atoms with Crippen molar-refractivity contribution in [3.8, 4) is 16.9 Å². The van der Waals surface area contributed by atoms with E-state index in [2.05, 4.69) is 10.3 Å². The summed E-state index contributed by atoms with van der Waals surface area (Å²) in [6, 6.07) is 14.8. The highest BCUT2D eigenvalue weighted by Crippen LogP contribution is 2.34. The number of anilines is 1. The number of nitrogens with one attached hydrogen (secondary N) is 1. The Kier molecular flexibility index (Phi) is 6.75. The molecule has 0 bridgehead atoms. The van der Waals surface area contributed by atoms with Gasteiger partial charge in [-0.05, 0) is 43.0 Å². The molecule has 3 aromatic rings. The lowest BCUT2D eigenvalue weighted by molar-refractivity contribution is -0.120. The zero-order valence-electron chi connectivity index (χ0n) is 17.6. The van der Waals surface area contributed by atoms with Gasteiger partial charge < -0.3 is 15.8 Å². The number of carbonyl (C=O) groups excluding carboxylic acids is 1. The number of hydrogen-bond acceptors (Lipinski definition) is 4. The molecule has 0 spiro atoms. The summed E-state index contributed by atoms with van der Waals surface area (Å²) in [6.07, 6.45) is 4.25. The van der Waals surface area contributed by atoms with Crippen LogP contribution in [0.2, 0.25) is 0 Å². The van der Waals surface area contributed by atoms with E-state index >= 15 is 0 Å². The number of aromatic nitrogens is 1. The Morgan fingerprint density at radius 3 is 2.69 bits per heavy atom. The van der Waals surface area contributed by atoms with Crippen LogP contribution >= 0.6 is 0 Å². The largest absolute Gasteiger partial charge is 0.488 e. The molecule has 0 unspecified atom stereocenters. The van der Waals surface area contributed by atoms with Gasteiger partial charge in [-0.25, -0.2) is 13.8 Å². The third kappa shape index (κ3) is 5.29. The molecule has 1 aliphatic rings. The van der Waals surface area contributed by atoms with Gasteiger partial charge in [0.2, 0.25) is 5.91 Å². The first-order valence-corrected chi connectivity index (χ1v) is 10.7. The first-order valence-electron chi connectivity index (χ1n) is 10.7. The van der Waals surface area contributed by atoms with Crippen molar-refractivity contribution in [2.75, 3.05) is 5.32 Å². The summed E-state index contributed by atoms with van der Waals surface area (Å²) in [5.74, 6) is -1.03. The van der Waals surface area contributed by atoms with Crippen LogP contribution in [-0.2, 0) is 11.4 Å². The molecule has 1 saturated carbocycles. The number of benzene rings is 2. The van der Waals surface area contributed by atoms with Crippen LogP contribution in [0.15, 0.2) is 60.8 Å². The van der Waals surface area contributed by atoms with Gasteiger partial charge in [-0.3, -0.25) is 4.79 Å². The predicted octanol–water partition coefficient (Wildman–Crippen LogP) is 5.06. The normalized spacial score (nSPS) is 18.2. The van der Waals surface area contributed by atoms with Crippen LogP contribution in [0.1, 0.15) is 31.2 Å². The molecule has 3 N–H and O–H groups in total. The van der Waals surface area contributed by atoms with E-state index in [1.807, 2.05) is 30.3 Å². The van der Waals surface area contributed by atoms with Crippen molar-refractivity contribution in [3.05, 3.63) is 78.0 Å². The molecule has 1 heterocycles. The zero-order chi connectivity index (χ0) is 22.5. The van der Waals surface area contributed by atoms with Gasteiger partial charge >= 0.3 is 0 Å². The smallest absolute Gasteiger partial charge is 0.228 e. The molecule has 32 heavy (non-hydrogen) atoms. The van der Waals surface area contributed by atoms with Gasteiger partial charge in [0.25, 0.3) is 0 Å². The molecule has 0 saturated heterocycles. The maximum atomic E-state index is 14.7. The molecule has 5 nitrogen and oxygen atoms in total. The SMILES string of the molecule is N[C@@H]1CCC[C@H](C(=O)Nc2cc(-c3ccc(F)cc3OCc3ccccc3)c(F)cn2)C1. The second-order valence-corrected chi connectivity index (χ2v) is 8.08. The van der Waals surface area contributed by atoms with E-state index in [0.29, 0.717) is 12.0 Å². The number of halogens is 2. The van der Waals surface area contributed by atoms with Gasteiger partial charge in [0.05, 0.1) is 6.20 Å². The molecule has 1 fully saturated rings. The van der Waals surface area contributed by atoms with Crippen LogP contribution in [-0.4, -0.2) is 16.9 Å². The van der Waals surface area contributed by atoms with Crippen LogP contribution in [0.3, 0.4) is 0 Å². The Bertz CT molecular complexity index is 1090. The zero-order valence-corrected chi connectivity index (χ0v) is 17.6. The van der Waals surface area contributed by atoms with E-state index in [0.717, 1.165) is 31.0 Å². The molecular formula is C25H25F2N3O2. The van der Waals surface area contributed by atoms with Crippen molar-refractivity contribution in [2.45, 2.75) is 38.3 Å². The van der Waals surface area contributed by atoms with Crippen molar-refractivity contribution in [1.82, 2.24) is 4.98 Å². The number of nitrogens with two attached hydrogens (primary N) is 1. The topological polar surface area (TPSA) is 77.2 Å². The van der Waals surface area contributed by atoms with Gasteiger partial charge in [-0.15, -0.1) is 0 Å². The fourth-order valence-corrected chi connectivity index (χ4v) is 3.98. The molecule has 2 aromatic carbocycles. The first kappa shape index (κ1) is 21.9. The Labute approximate surface area is 185 Å². The molecule has 4 rings (SSSR count). The van der Waals surface area contributed by atoms with E-state index in [4.69, 9.17) is 10.5 Å². The van der Waals surface area contributed by atoms with E-state index in [1.54, 1.807) is 0 Å². The molecule has 7 heteroatoms. The number of amides is 1. The monoisotopic (exact) mass is 437 g/mol. The quantitative estimate of drug-likeness (QED) is 0.565. The van der Waals surface area contributed by atoms with Gasteiger partial charge in [0, 0.05) is 29.2 Å². The number of hydrogen-bond donors (Lipinski definition) is 2. The fourth-order valence-electron chi connectivity index (χ4n) is 3.98. The molecule has 1 amide bonds. The second-order valence-electron chi connectivity index (χ2n) is 8.08. The van der Waals surface area contributed by atoms with Gasteiger partial charge in [0.15, 0.2) is 0 Å². The van der Waals surface area contributed by atoms with Gasteiger partial charge in [0.1, 0.15) is 29.8 Å². The molecule has 1 aliphatic carbocycles. The molecule has 166 valence electrons. The highest BCUT2D eigenvalue weighted by molar-refractivity contribution is 5.92. The summed E-state index contributed by atoms with van der Waals surface area (Å²) < 4.78 is 34.4. The van der Waals surface area contributed by atoms with Crippen molar-refractivity contribution in [3.63, 3.8) is 0 Å². The maximum Gasteiger partial charge on any atom is 0.228 e. The van der Waals surface area contributed by atoms with Crippen molar-refractivity contribution >= 4 is 11.7 Å². The summed E-state index contributed by atoms with van der Waals surface area (Å²) in [5, 5.41) is 2.77. The Morgan fingerprint density at radius 2 is 1.91 bits per heavy atom. The highest BCUT2D eigenvalue weighted by Gasteiger charge is 2.26. The fraction of sp³-hybridized carbons (Fsp3) is 0.280. The second kappa shape index (κ2) is 9.87. The average molecular weight is 437 g/mol. The number of carbonyl (C=O) groups is 1. The minimum atomic E-state index is -0.598. The number of rotatable bonds is 6. The standard InChI is InChI=1S/C25H25F2N3O2/c26-18-9-10-20(23(12-18)32-15-16-5-2-1-3-6-16)21-13-24(29-14-22(21)27)30-25(31)17-7-4-8-19(28)11-17/h1-3,5-6,9-10,12-14,17,19H,4,7-8,11,15,28H2,(H,29,30,31)/t17-,19+/m0/s1. The summed E-state index contributed by atoms with van der Waals surface area (Å²) in [5.41, 5.74) is 7.42. The Balaban J connectivity index is 1.57. The molecule has 1 aromatic heterocycles. The van der Waals surface area contributed by atoms with E-state index in [-0.39, 0.29) is 41.6 Å². The van der Waals surface area contributed by atoms with Crippen LogP contribution < -0.4 is 15.8 Å². The predicted molar refractivity (Wildman–Crippen MR) is 119 cm³/mol. The maximum absolute atomic E-state index is 14.7. The van der Waals surface area contributed by atoms with Gasteiger partial charge in [-0.1, -0.05) is 36.8 Å². The lowest BCUT2D eigenvalue weighted by atomic mass is 9.85. The number of nitrogens with zero attached hydrogens (tertiary/aromatic N) is 1. The highest BCUT2D eigenvalue weighted by atomic mass is 19.1. The lowest BCUT2D eigenvalue weighted by Gasteiger charge is -2.25. The Morgan fingerprint density at radius 1 is 1.09 bits per heavy atom. The third-order valence-electron chi connectivity index (χ3n) is 5.66. The summed E-state index contributed by atoms with van der Waals surface area (Å²) in [6.45, 7) is 0.204. The first-order chi connectivity index (χ1) is 15.5. The van der Waals surface area contributed by atoms with Crippen molar-refractivity contribution < 1.29 is 18.3 Å². The van der Waals surface area contributed by atoms with Crippen LogP contribution in [0.4, 0.5) is 14.6 Å². The van der Waals surface area contributed by atoms with Crippen LogP contribution in [0.5, 0.6) is 5.75 Å². The Hall–Kier alpha value is -3.32. The summed E-state index contributed by atoms with van der Waals surface area (Å²) in [4.78, 5) is 16.6. The van der Waals surface area contributed by atoms with Crippen molar-refractivity contribution in [2.24, 2.45) is 11.7 Å². The molecule has 2 atom stereocenters. The summed E-state index contributed by atoms with van der Waals surface area (Å²) in [7, 11) is 0. The van der Waals surface area contributed by atoms with Crippen LogP contribution in [0, 0.1) is 17.6 Å². The third-order valence-corrected chi connectivity index (χ3v) is 5.66. The van der Waals surface area contributed by atoms with E-state index < -0.39 is 11.6 Å². The summed E-state index contributed by atoms with van der Waals surface area (Å²) >= 11 is 0. The number of ether oxygens (including phenoxy) is 1.